The van der Waals surface area contributed by atoms with Gasteiger partial charge in [-0.05, 0) is 67.2 Å². The predicted octanol–water partition coefficient (Wildman–Crippen LogP) is 1.18. The van der Waals surface area contributed by atoms with Crippen LogP contribution in [0.2, 0.25) is 0 Å². The van der Waals surface area contributed by atoms with E-state index in [9.17, 15) is 42.4 Å². The van der Waals surface area contributed by atoms with Crippen LogP contribution in [-0.4, -0.2) is 165 Å². The Morgan fingerprint density at radius 2 is 1.11 bits per heavy atom. The van der Waals surface area contributed by atoms with Crippen LogP contribution in [0.4, 0.5) is 19.2 Å². The van der Waals surface area contributed by atoms with Crippen LogP contribution in [-0.2, 0) is 70.6 Å². The molecule has 0 radical (unpaired) electrons. The smallest absolute Gasteiger partial charge is 0.418 e. The van der Waals surface area contributed by atoms with Gasteiger partial charge in [-0.15, -0.1) is 4.28 Å². The van der Waals surface area contributed by atoms with E-state index in [0.29, 0.717) is 41.6 Å². The molecule has 4 N–H and O–H groups in total. The highest BCUT2D eigenvalue weighted by Gasteiger charge is 2.50. The lowest BCUT2D eigenvalue weighted by Crippen LogP contribution is -2.50. The van der Waals surface area contributed by atoms with Gasteiger partial charge in [0.1, 0.15) is 35.5 Å². The minimum Gasteiger partial charge on any atom is -0.444 e. The summed E-state index contributed by atoms with van der Waals surface area (Å²) in [5, 5.41) is 19.5. The van der Waals surface area contributed by atoms with Crippen LogP contribution in [0.25, 0.3) is 0 Å². The van der Waals surface area contributed by atoms with Crippen LogP contribution >= 0.6 is 0 Å². The van der Waals surface area contributed by atoms with Gasteiger partial charge >= 0.3 is 34.6 Å². The van der Waals surface area contributed by atoms with E-state index in [1.165, 1.54) is 14.7 Å². The number of aromatic nitrogens is 4. The molecule has 364 valence electrons. The molecule has 0 saturated carbocycles. The van der Waals surface area contributed by atoms with E-state index >= 15 is 0 Å². The van der Waals surface area contributed by atoms with Crippen molar-refractivity contribution in [2.45, 2.75) is 128 Å². The van der Waals surface area contributed by atoms with Crippen molar-refractivity contribution < 1.29 is 70.4 Å². The maximum absolute atomic E-state index is 12.9. The number of aryl methyl sites for hydroxylation is 2. The lowest BCUT2D eigenvalue weighted by Gasteiger charge is -2.34. The third-order valence-corrected chi connectivity index (χ3v) is 12.0. The molecule has 2 aromatic heterocycles. The van der Waals surface area contributed by atoms with Gasteiger partial charge in [0.2, 0.25) is 0 Å². The molecule has 8 rings (SSSR count). The molecule has 2 aromatic rings. The van der Waals surface area contributed by atoms with Crippen molar-refractivity contribution in [2.75, 3.05) is 26.2 Å². The topological polar surface area (TPSA) is 302 Å². The van der Waals surface area contributed by atoms with Crippen molar-refractivity contribution in [3.8, 4) is 0 Å². The van der Waals surface area contributed by atoms with E-state index in [2.05, 4.69) is 25.4 Å². The van der Waals surface area contributed by atoms with Crippen LogP contribution in [0.1, 0.15) is 102 Å². The Morgan fingerprint density at radius 3 is 1.55 bits per heavy atom. The van der Waals surface area contributed by atoms with E-state index in [1.54, 1.807) is 77.4 Å². The fourth-order valence-corrected chi connectivity index (χ4v) is 8.92. The normalized spacial score (nSPS) is 24.9. The predicted molar refractivity (Wildman–Crippen MR) is 220 cm³/mol. The average Bonchev–Trinajstić information content (AvgIpc) is 3.93. The number of fused-ring (bicyclic) bond motifs is 6. The molecule has 0 aromatic carbocycles. The maximum Gasteiger partial charge on any atom is 0.418 e. The fourth-order valence-electron chi connectivity index (χ4n) is 8.53. The summed E-state index contributed by atoms with van der Waals surface area (Å²) in [4.78, 5) is 92.4. The summed E-state index contributed by atoms with van der Waals surface area (Å²) in [6.45, 7) is 11.8. The van der Waals surface area contributed by atoms with Gasteiger partial charge in [0.25, 0.3) is 11.8 Å². The van der Waals surface area contributed by atoms with Gasteiger partial charge in [0.05, 0.1) is 62.0 Å². The van der Waals surface area contributed by atoms with Gasteiger partial charge in [-0.1, -0.05) is 0 Å². The summed E-state index contributed by atoms with van der Waals surface area (Å²) in [6.07, 6.45) is 2.29. The highest BCUT2D eigenvalue weighted by atomic mass is 32.3. The minimum absolute atomic E-state index is 0.0506. The SMILES string of the molecule is Cn1ncc2c1CN(C(=O)OC(C)(C)C)CC2ONC(=O)[C@@H]1CC[C@@H]2CN1C(=O)N2O.Cn1ncc2c1CN(C(=O)OC(C)(C)C)CC2ONC(=O)[C@@H]1CC[C@@H]2CN1C(=O)N2OS(=O)(=O)O. The first kappa shape index (κ1) is 48.1. The number of carbonyl (C=O) groups is 6. The monoisotopic (exact) mass is 952 g/mol. The van der Waals surface area contributed by atoms with E-state index in [-0.39, 0.29) is 45.1 Å². The van der Waals surface area contributed by atoms with E-state index in [4.69, 9.17) is 23.7 Å². The molecule has 66 heavy (non-hydrogen) atoms. The molecule has 2 unspecified atom stereocenters. The number of nitrogens with one attached hydrogen (secondary N) is 2. The molecular weight excluding hydrogens is 897 g/mol. The summed E-state index contributed by atoms with van der Waals surface area (Å²) >= 11 is 0. The number of hydrogen-bond acceptors (Lipinski definition) is 16. The molecule has 0 spiro atoms. The number of nitrogens with zero attached hydrogens (tertiary/aromatic N) is 10. The summed E-state index contributed by atoms with van der Waals surface area (Å²) in [5.41, 5.74) is 6.45. The average molecular weight is 953 g/mol. The van der Waals surface area contributed by atoms with Gasteiger partial charge < -0.3 is 19.3 Å². The number of urea groups is 2. The van der Waals surface area contributed by atoms with Gasteiger partial charge in [-0.25, -0.2) is 35.2 Å². The van der Waals surface area contributed by atoms with Crippen LogP contribution in [0.5, 0.6) is 0 Å². The molecular formula is C38H56N12O15S. The highest BCUT2D eigenvalue weighted by molar-refractivity contribution is 7.80. The molecule has 6 aliphatic heterocycles. The van der Waals surface area contributed by atoms with Crippen LogP contribution in [0.15, 0.2) is 12.4 Å². The third-order valence-electron chi connectivity index (χ3n) is 11.7. The van der Waals surface area contributed by atoms with Crippen molar-refractivity contribution in [3.63, 3.8) is 0 Å². The Morgan fingerprint density at radius 1 is 0.682 bits per heavy atom. The molecule has 0 aliphatic carbocycles. The second-order valence-corrected chi connectivity index (χ2v) is 19.7. The summed E-state index contributed by atoms with van der Waals surface area (Å²) < 4.78 is 49.6. The van der Waals surface area contributed by atoms with Crippen molar-refractivity contribution >= 4 is 46.5 Å². The number of ether oxygens (including phenoxy) is 2. The molecule has 28 heteroatoms. The third kappa shape index (κ3) is 10.4. The van der Waals surface area contributed by atoms with E-state index < -0.39 is 88.0 Å². The van der Waals surface area contributed by atoms with Gasteiger partial charge in [-0.2, -0.15) is 23.7 Å². The first-order valence-electron chi connectivity index (χ1n) is 21.2. The van der Waals surface area contributed by atoms with Crippen molar-refractivity contribution in [1.29, 1.82) is 0 Å². The first-order chi connectivity index (χ1) is 30.8. The number of piperidine rings is 2. The van der Waals surface area contributed by atoms with Crippen molar-refractivity contribution in [3.05, 3.63) is 34.9 Å². The number of hydroxylamine groups is 6. The zero-order chi connectivity index (χ0) is 48.2. The number of carbonyl (C=O) groups excluding carboxylic acids is 6. The molecule has 4 bridgehead atoms. The highest BCUT2D eigenvalue weighted by Crippen LogP contribution is 2.34. The Bertz CT molecular complexity index is 2340. The van der Waals surface area contributed by atoms with E-state index in [0.717, 1.165) is 21.9 Å². The molecule has 8 amide bonds. The van der Waals surface area contributed by atoms with Crippen LogP contribution < -0.4 is 11.0 Å². The second-order valence-electron chi connectivity index (χ2n) is 18.7. The summed E-state index contributed by atoms with van der Waals surface area (Å²) in [5.74, 6) is -1.09. The maximum atomic E-state index is 12.9. The molecule has 6 atom stereocenters. The largest absolute Gasteiger partial charge is 0.444 e. The number of hydrogen-bond donors (Lipinski definition) is 4. The standard InChI is InChI=1S/C19H28N6O9S.C19H28N6O6/c1-19(2,3)32-18(28)23-9-14-12(7-20-22(14)4)15(10-23)33-21-16(26)13-6-5-11-8-24(13)17(27)25(11)34-35(29,30)31;1-19(2,3)30-18(28)23-9-14-12(7-20-22(14)4)15(10-23)31-21-16(26)13-6-5-11-8-24(13)17(27)25(11)29/h7,11,13,15H,5-6,8-10H2,1-4H3,(H,21,26)(H,29,30,31);7,11,13,15,29H,5-6,8-10H2,1-4H3,(H,21,26)/t2*11-,13+,15?/m11/s1. The fraction of sp³-hybridized carbons (Fsp3) is 0.684. The molecule has 4 fully saturated rings. The van der Waals surface area contributed by atoms with Gasteiger partial charge in [0.15, 0.2) is 0 Å². The number of amides is 8. The molecule has 8 heterocycles. The zero-order valence-corrected chi connectivity index (χ0v) is 38.6. The van der Waals surface area contributed by atoms with Gasteiger partial charge in [-0.3, -0.25) is 48.2 Å². The second kappa shape index (κ2) is 18.1. The van der Waals surface area contributed by atoms with E-state index in [1.807, 2.05) is 0 Å². The Kier molecular flexibility index (Phi) is 13.2. The lowest BCUT2D eigenvalue weighted by atomic mass is 10.0. The summed E-state index contributed by atoms with van der Waals surface area (Å²) in [7, 11) is -1.39. The Labute approximate surface area is 379 Å². The number of rotatable bonds is 8. The van der Waals surface area contributed by atoms with Crippen molar-refractivity contribution in [2.24, 2.45) is 14.1 Å². The Hall–Kier alpha value is -5.81. The van der Waals surface area contributed by atoms with Crippen molar-refractivity contribution in [1.82, 2.24) is 60.2 Å². The molecule has 4 saturated heterocycles. The lowest BCUT2D eigenvalue weighted by molar-refractivity contribution is -0.146. The van der Waals surface area contributed by atoms with Gasteiger partial charge in [0, 0.05) is 38.3 Å². The Balaban J connectivity index is 0.000000198. The first-order valence-corrected chi connectivity index (χ1v) is 22.6. The quantitative estimate of drug-likeness (QED) is 0.164. The zero-order valence-electron chi connectivity index (χ0n) is 37.8. The molecule has 6 aliphatic rings. The van der Waals surface area contributed by atoms with Crippen LogP contribution in [0.3, 0.4) is 0 Å². The molecule has 27 nitrogen and oxygen atoms in total. The minimum atomic E-state index is -4.89. The summed E-state index contributed by atoms with van der Waals surface area (Å²) in [6, 6.07) is -3.99. The van der Waals surface area contributed by atoms with Crippen LogP contribution in [0, 0.1) is 0 Å².